The van der Waals surface area contributed by atoms with Gasteiger partial charge in [-0.25, -0.2) is 8.42 Å². The minimum atomic E-state index is -2.99. The van der Waals surface area contributed by atoms with E-state index in [9.17, 15) is 13.2 Å². The Kier molecular flexibility index (Phi) is 3.54. The first-order valence-electron chi connectivity index (χ1n) is 7.00. The van der Waals surface area contributed by atoms with Gasteiger partial charge in [0.1, 0.15) is 11.5 Å². The van der Waals surface area contributed by atoms with E-state index in [-0.39, 0.29) is 29.1 Å². The molecule has 108 valence electrons. The number of fused-ring (bicyclic) bond motifs is 1. The summed E-state index contributed by atoms with van der Waals surface area (Å²) in [6.45, 7) is 0.623. The van der Waals surface area contributed by atoms with Crippen molar-refractivity contribution in [3.8, 4) is 5.75 Å². The molecule has 3 rings (SSSR count). The Bertz CT molecular complexity index is 621. The lowest BCUT2D eigenvalue weighted by molar-refractivity contribution is -0.122. The van der Waals surface area contributed by atoms with Crippen molar-refractivity contribution in [2.24, 2.45) is 5.92 Å². The fourth-order valence-electron chi connectivity index (χ4n) is 3.09. The maximum absolute atomic E-state index is 12.3. The molecule has 0 aromatic heterocycles. The van der Waals surface area contributed by atoms with Gasteiger partial charge in [0.25, 0.3) is 0 Å². The second kappa shape index (κ2) is 5.20. The number of benzene rings is 1. The Labute approximate surface area is 119 Å². The number of carbonyl (C=O) groups excluding carboxylic acids is 1. The van der Waals surface area contributed by atoms with E-state index in [0.717, 1.165) is 17.7 Å². The third kappa shape index (κ3) is 2.73. The zero-order valence-corrected chi connectivity index (χ0v) is 12.1. The summed E-state index contributed by atoms with van der Waals surface area (Å²) >= 11 is 0. The van der Waals surface area contributed by atoms with Gasteiger partial charge in [-0.2, -0.15) is 0 Å². The van der Waals surface area contributed by atoms with Gasteiger partial charge < -0.3 is 4.74 Å². The van der Waals surface area contributed by atoms with Gasteiger partial charge in [0.05, 0.1) is 18.1 Å². The lowest BCUT2D eigenvalue weighted by atomic mass is 9.85. The predicted octanol–water partition coefficient (Wildman–Crippen LogP) is 1.95. The molecular formula is C15H18O4S. The van der Waals surface area contributed by atoms with E-state index in [0.29, 0.717) is 19.4 Å². The van der Waals surface area contributed by atoms with Crippen molar-refractivity contribution >= 4 is 15.6 Å². The van der Waals surface area contributed by atoms with Gasteiger partial charge in [0.15, 0.2) is 9.84 Å². The van der Waals surface area contributed by atoms with Crippen molar-refractivity contribution in [3.05, 3.63) is 29.8 Å². The number of Topliss-reactive ketones (excluding diaryl/α,β-unsaturated/α-hetero) is 1. The number of carbonyl (C=O) groups is 1. The summed E-state index contributed by atoms with van der Waals surface area (Å²) in [5.74, 6) is 1.01. The molecule has 2 unspecified atom stereocenters. The number of rotatable bonds is 3. The molecule has 5 heteroatoms. The van der Waals surface area contributed by atoms with Gasteiger partial charge in [-0.1, -0.05) is 18.2 Å². The number of sulfone groups is 1. The molecule has 0 saturated carbocycles. The van der Waals surface area contributed by atoms with Crippen molar-refractivity contribution in [1.29, 1.82) is 0 Å². The first kappa shape index (κ1) is 13.6. The molecule has 2 aliphatic heterocycles. The Morgan fingerprint density at radius 1 is 1.25 bits per heavy atom. The summed E-state index contributed by atoms with van der Waals surface area (Å²) in [6.07, 6.45) is 1.74. The number of hydrogen-bond acceptors (Lipinski definition) is 4. The Morgan fingerprint density at radius 3 is 2.80 bits per heavy atom. The Balaban J connectivity index is 1.72. The molecular weight excluding hydrogens is 276 g/mol. The molecule has 1 aromatic rings. The van der Waals surface area contributed by atoms with E-state index in [2.05, 4.69) is 0 Å². The van der Waals surface area contributed by atoms with Crippen LogP contribution in [0.1, 0.15) is 30.7 Å². The summed E-state index contributed by atoms with van der Waals surface area (Å²) in [4.78, 5) is 12.3. The van der Waals surface area contributed by atoms with Crippen LogP contribution >= 0.6 is 0 Å². The number of ketones is 1. The van der Waals surface area contributed by atoms with Gasteiger partial charge in [0.2, 0.25) is 0 Å². The van der Waals surface area contributed by atoms with E-state index in [1.807, 2.05) is 24.3 Å². The molecule has 0 N–H and O–H groups in total. The highest BCUT2D eigenvalue weighted by atomic mass is 32.2. The zero-order valence-electron chi connectivity index (χ0n) is 11.2. The highest BCUT2D eigenvalue weighted by molar-refractivity contribution is 7.91. The minimum absolute atomic E-state index is 0.0384. The highest BCUT2D eigenvalue weighted by Crippen LogP contribution is 2.36. The summed E-state index contributed by atoms with van der Waals surface area (Å²) < 4.78 is 28.5. The first-order valence-corrected chi connectivity index (χ1v) is 8.82. The van der Waals surface area contributed by atoms with Gasteiger partial charge in [-0.15, -0.1) is 0 Å². The number of ether oxygens (including phenoxy) is 1. The SMILES string of the molecule is O=C(CC1CCOc2ccccc21)C1CCS(=O)(=O)C1. The van der Waals surface area contributed by atoms with E-state index >= 15 is 0 Å². The summed E-state index contributed by atoms with van der Waals surface area (Å²) in [5, 5.41) is 0. The van der Waals surface area contributed by atoms with Crippen LogP contribution in [0.3, 0.4) is 0 Å². The topological polar surface area (TPSA) is 60.4 Å². The molecule has 20 heavy (non-hydrogen) atoms. The minimum Gasteiger partial charge on any atom is -0.493 e. The second-order valence-corrected chi connectivity index (χ2v) is 7.87. The molecule has 0 spiro atoms. The number of hydrogen-bond donors (Lipinski definition) is 0. The van der Waals surface area contributed by atoms with Crippen molar-refractivity contribution < 1.29 is 17.9 Å². The summed E-state index contributed by atoms with van der Waals surface area (Å²) in [6, 6.07) is 7.79. The van der Waals surface area contributed by atoms with Crippen LogP contribution in [0.25, 0.3) is 0 Å². The molecule has 1 aromatic carbocycles. The van der Waals surface area contributed by atoms with Crippen molar-refractivity contribution in [1.82, 2.24) is 0 Å². The lowest BCUT2D eigenvalue weighted by Gasteiger charge is -2.26. The average molecular weight is 294 g/mol. The average Bonchev–Trinajstić information content (AvgIpc) is 2.80. The molecule has 0 aliphatic carbocycles. The largest absolute Gasteiger partial charge is 0.493 e. The van der Waals surface area contributed by atoms with Crippen LogP contribution in [0.2, 0.25) is 0 Å². The molecule has 1 fully saturated rings. The maximum Gasteiger partial charge on any atom is 0.151 e. The Hall–Kier alpha value is -1.36. The molecule has 0 amide bonds. The molecule has 4 nitrogen and oxygen atoms in total. The number of para-hydroxylation sites is 1. The fourth-order valence-corrected chi connectivity index (χ4v) is 4.86. The highest BCUT2D eigenvalue weighted by Gasteiger charge is 2.34. The molecule has 1 saturated heterocycles. The van der Waals surface area contributed by atoms with Crippen LogP contribution in [0.4, 0.5) is 0 Å². The fraction of sp³-hybridized carbons (Fsp3) is 0.533. The van der Waals surface area contributed by atoms with Crippen LogP contribution in [0.15, 0.2) is 24.3 Å². The van der Waals surface area contributed by atoms with Crippen LogP contribution < -0.4 is 4.74 Å². The quantitative estimate of drug-likeness (QED) is 0.855. The monoisotopic (exact) mass is 294 g/mol. The molecule has 2 atom stereocenters. The second-order valence-electron chi connectivity index (χ2n) is 5.64. The maximum atomic E-state index is 12.3. The van der Waals surface area contributed by atoms with Gasteiger partial charge >= 0.3 is 0 Å². The Morgan fingerprint density at radius 2 is 2.05 bits per heavy atom. The van der Waals surface area contributed by atoms with Gasteiger partial charge in [-0.3, -0.25) is 4.79 Å². The van der Waals surface area contributed by atoms with Crippen LogP contribution in [0, 0.1) is 5.92 Å². The normalized spacial score (nSPS) is 27.6. The molecule has 0 radical (unpaired) electrons. The van der Waals surface area contributed by atoms with Crippen molar-refractivity contribution in [2.45, 2.75) is 25.2 Å². The predicted molar refractivity (Wildman–Crippen MR) is 75.7 cm³/mol. The standard InChI is InChI=1S/C15H18O4S/c16-14(12-6-8-20(17,18)10-12)9-11-5-7-19-15-4-2-1-3-13(11)15/h1-4,11-12H,5-10H2. The third-order valence-corrected chi connectivity index (χ3v) is 5.99. The molecule has 2 aliphatic rings. The van der Waals surface area contributed by atoms with Gasteiger partial charge in [-0.05, 0) is 30.4 Å². The van der Waals surface area contributed by atoms with Crippen molar-refractivity contribution in [2.75, 3.05) is 18.1 Å². The van der Waals surface area contributed by atoms with Crippen LogP contribution in [0.5, 0.6) is 5.75 Å². The van der Waals surface area contributed by atoms with E-state index in [1.165, 1.54) is 0 Å². The van der Waals surface area contributed by atoms with E-state index in [1.54, 1.807) is 0 Å². The van der Waals surface area contributed by atoms with E-state index in [4.69, 9.17) is 4.74 Å². The lowest BCUT2D eigenvalue weighted by Crippen LogP contribution is -2.22. The molecule has 0 bridgehead atoms. The smallest absolute Gasteiger partial charge is 0.151 e. The van der Waals surface area contributed by atoms with E-state index < -0.39 is 9.84 Å². The van der Waals surface area contributed by atoms with Crippen LogP contribution in [-0.2, 0) is 14.6 Å². The third-order valence-electron chi connectivity index (χ3n) is 4.22. The van der Waals surface area contributed by atoms with Crippen molar-refractivity contribution in [3.63, 3.8) is 0 Å². The van der Waals surface area contributed by atoms with Gasteiger partial charge in [0, 0.05) is 12.3 Å². The summed E-state index contributed by atoms with van der Waals surface area (Å²) in [7, 11) is -2.99. The molecule has 2 heterocycles. The zero-order chi connectivity index (χ0) is 14.2. The van der Waals surface area contributed by atoms with Crippen LogP contribution in [-0.4, -0.2) is 32.3 Å². The first-order chi connectivity index (χ1) is 9.55. The summed E-state index contributed by atoms with van der Waals surface area (Å²) in [5.41, 5.74) is 1.08.